The zero-order valence-electron chi connectivity index (χ0n) is 11.9. The number of halogens is 2. The number of ether oxygens (including phenoxy) is 1. The number of aromatic amines is 1. The average Bonchev–Trinajstić information content (AvgIpc) is 2.93. The maximum atomic E-state index is 13.8. The number of fused-ring (bicyclic) bond motifs is 1. The number of benzene rings is 2. The molecule has 1 N–H and O–H groups in total. The van der Waals surface area contributed by atoms with Crippen molar-refractivity contribution < 1.29 is 17.5 Å². The number of H-pyrrole nitrogens is 1. The third kappa shape index (κ3) is 3.04. The van der Waals surface area contributed by atoms with E-state index < -0.39 is 15.8 Å². The number of sulfonamides is 1. The van der Waals surface area contributed by atoms with Crippen LogP contribution >= 0.6 is 15.9 Å². The number of nitrogens with zero attached hydrogens (tertiary/aromatic N) is 1. The highest BCUT2D eigenvalue weighted by molar-refractivity contribution is 9.10. The first-order valence-corrected chi connectivity index (χ1v) is 8.72. The summed E-state index contributed by atoms with van der Waals surface area (Å²) in [5.41, 5.74) is 0.352. The maximum Gasteiger partial charge on any atom is 0.125 e. The number of nitrogens with one attached hydrogen (secondary N) is 1. The van der Waals surface area contributed by atoms with Crippen molar-refractivity contribution in [1.82, 2.24) is 4.98 Å². The quantitative estimate of drug-likeness (QED) is 0.705. The van der Waals surface area contributed by atoms with E-state index in [1.807, 2.05) is 0 Å². The molecule has 0 amide bonds. The van der Waals surface area contributed by atoms with Gasteiger partial charge in [0.05, 0.1) is 17.5 Å². The van der Waals surface area contributed by atoms with Crippen LogP contribution in [0.1, 0.15) is 0 Å². The first kappa shape index (κ1) is 15.8. The minimum absolute atomic E-state index is 0.0162. The molecule has 0 aliphatic carbocycles. The Bertz CT molecular complexity index is 986. The summed E-state index contributed by atoms with van der Waals surface area (Å²) in [5, 5.41) is 0.465. The summed E-state index contributed by atoms with van der Waals surface area (Å²) in [7, 11) is -2.53. The molecule has 120 valence electrons. The van der Waals surface area contributed by atoms with Gasteiger partial charge in [-0.3, -0.25) is 0 Å². The van der Waals surface area contributed by atoms with Crippen LogP contribution in [-0.4, -0.2) is 20.5 Å². The van der Waals surface area contributed by atoms with Gasteiger partial charge in [-0.15, -0.1) is 0 Å². The molecule has 0 radical (unpaired) electrons. The van der Waals surface area contributed by atoms with Gasteiger partial charge in [-0.05, 0) is 24.3 Å². The number of aromatic nitrogens is 1. The molecule has 0 aliphatic heterocycles. The lowest BCUT2D eigenvalue weighted by Crippen LogP contribution is -1.97. The van der Waals surface area contributed by atoms with E-state index in [2.05, 4.69) is 25.6 Å². The highest BCUT2D eigenvalue weighted by atomic mass is 79.9. The van der Waals surface area contributed by atoms with Crippen LogP contribution in [-0.2, 0) is 10.0 Å². The van der Waals surface area contributed by atoms with Crippen molar-refractivity contribution in [2.45, 2.75) is 4.90 Å². The molecule has 23 heavy (non-hydrogen) atoms. The molecule has 1 aromatic heterocycles. The molecule has 0 spiro atoms. The SMILES string of the molecule is COc1ccc2c(S(=O)(=O)[N-]c3ccc(Br)cc3F)c[nH]c2c1. The zero-order valence-corrected chi connectivity index (χ0v) is 14.3. The molecule has 5 nitrogen and oxygen atoms in total. The second kappa shape index (κ2) is 5.86. The summed E-state index contributed by atoms with van der Waals surface area (Å²) in [4.78, 5) is 2.84. The molecular formula is C15H11BrFN2O3S-. The minimum Gasteiger partial charge on any atom is -0.570 e. The summed E-state index contributed by atoms with van der Waals surface area (Å²) in [6, 6.07) is 8.93. The van der Waals surface area contributed by atoms with Gasteiger partial charge in [0, 0.05) is 22.1 Å². The fraction of sp³-hybridized carbons (Fsp3) is 0.0667. The fourth-order valence-electron chi connectivity index (χ4n) is 2.15. The number of hydrogen-bond acceptors (Lipinski definition) is 3. The van der Waals surface area contributed by atoms with Crippen molar-refractivity contribution in [1.29, 1.82) is 0 Å². The van der Waals surface area contributed by atoms with Crippen LogP contribution < -0.4 is 4.74 Å². The number of hydrogen-bond donors (Lipinski definition) is 1. The van der Waals surface area contributed by atoms with Crippen molar-refractivity contribution >= 4 is 42.5 Å². The molecule has 0 aliphatic rings. The smallest absolute Gasteiger partial charge is 0.125 e. The van der Waals surface area contributed by atoms with E-state index >= 15 is 0 Å². The Morgan fingerprint density at radius 2 is 2.00 bits per heavy atom. The van der Waals surface area contributed by atoms with Crippen molar-refractivity contribution in [2.24, 2.45) is 0 Å². The van der Waals surface area contributed by atoms with Crippen molar-refractivity contribution in [3.63, 3.8) is 0 Å². The third-order valence-corrected chi connectivity index (χ3v) is 5.08. The Morgan fingerprint density at radius 1 is 1.22 bits per heavy atom. The summed E-state index contributed by atoms with van der Waals surface area (Å²) in [6.07, 6.45) is 1.33. The lowest BCUT2D eigenvalue weighted by molar-refractivity contribution is 0.415. The highest BCUT2D eigenvalue weighted by Gasteiger charge is 2.13. The Balaban J connectivity index is 2.02. The van der Waals surface area contributed by atoms with E-state index in [0.29, 0.717) is 21.1 Å². The van der Waals surface area contributed by atoms with Crippen molar-refractivity contribution in [3.05, 3.63) is 57.6 Å². The normalized spacial score (nSPS) is 11.6. The van der Waals surface area contributed by atoms with Gasteiger partial charge < -0.3 is 14.4 Å². The van der Waals surface area contributed by atoms with E-state index in [1.54, 1.807) is 18.2 Å². The molecule has 3 aromatic rings. The zero-order chi connectivity index (χ0) is 16.6. The van der Waals surface area contributed by atoms with E-state index in [-0.39, 0.29) is 10.6 Å². The van der Waals surface area contributed by atoms with Gasteiger partial charge >= 0.3 is 0 Å². The second-order valence-electron chi connectivity index (χ2n) is 4.73. The predicted molar refractivity (Wildman–Crippen MR) is 89.2 cm³/mol. The first-order chi connectivity index (χ1) is 10.9. The Hall–Kier alpha value is -2.06. The molecule has 0 saturated carbocycles. The highest BCUT2D eigenvalue weighted by Crippen LogP contribution is 2.35. The molecule has 0 saturated heterocycles. The third-order valence-electron chi connectivity index (χ3n) is 3.26. The maximum absolute atomic E-state index is 13.8. The Labute approximate surface area is 140 Å². The summed E-state index contributed by atoms with van der Waals surface area (Å²) in [5.74, 6) is -0.122. The van der Waals surface area contributed by atoms with Crippen molar-refractivity contribution in [2.75, 3.05) is 7.11 Å². The first-order valence-electron chi connectivity index (χ1n) is 6.49. The van der Waals surface area contributed by atoms with Gasteiger partial charge in [-0.2, -0.15) is 0 Å². The van der Waals surface area contributed by atoms with Gasteiger partial charge in [0.15, 0.2) is 0 Å². The predicted octanol–water partition coefficient (Wildman–Crippen LogP) is 4.47. The molecule has 0 bridgehead atoms. The molecule has 2 aromatic carbocycles. The van der Waals surface area contributed by atoms with Crippen molar-refractivity contribution in [3.8, 4) is 5.75 Å². The molecule has 0 fully saturated rings. The summed E-state index contributed by atoms with van der Waals surface area (Å²) in [6.45, 7) is 0. The molecule has 0 atom stereocenters. The number of methoxy groups -OCH3 is 1. The molecule has 1 heterocycles. The molecule has 3 rings (SSSR count). The van der Waals surface area contributed by atoms with Crippen LogP contribution in [0.5, 0.6) is 5.75 Å². The molecule has 8 heteroatoms. The monoisotopic (exact) mass is 397 g/mol. The Morgan fingerprint density at radius 3 is 2.70 bits per heavy atom. The van der Waals surface area contributed by atoms with E-state index in [9.17, 15) is 12.8 Å². The minimum atomic E-state index is -4.05. The van der Waals surface area contributed by atoms with Gasteiger partial charge in [-0.1, -0.05) is 27.7 Å². The van der Waals surface area contributed by atoms with Gasteiger partial charge in [0.25, 0.3) is 0 Å². The number of rotatable bonds is 4. The van der Waals surface area contributed by atoms with E-state index in [0.717, 1.165) is 6.07 Å². The largest absolute Gasteiger partial charge is 0.570 e. The standard InChI is InChI=1S/C15H11BrFN2O3S/c1-22-10-3-4-11-14(7-10)18-8-15(11)23(20,21)19-13-5-2-9(16)6-12(13)17/h2-8,18H,1H3/q-1. The van der Waals surface area contributed by atoms with Gasteiger partial charge in [0.2, 0.25) is 0 Å². The lowest BCUT2D eigenvalue weighted by Gasteiger charge is -2.22. The lowest BCUT2D eigenvalue weighted by atomic mass is 10.2. The average molecular weight is 398 g/mol. The van der Waals surface area contributed by atoms with E-state index in [4.69, 9.17) is 4.74 Å². The van der Waals surface area contributed by atoms with Crippen LogP contribution in [0.2, 0.25) is 0 Å². The van der Waals surface area contributed by atoms with Crippen LogP contribution in [0.4, 0.5) is 10.1 Å². The fourth-order valence-corrected chi connectivity index (χ4v) is 3.66. The van der Waals surface area contributed by atoms with E-state index in [1.165, 1.54) is 25.4 Å². The topological polar surface area (TPSA) is 73.3 Å². The van der Waals surface area contributed by atoms with Crippen LogP contribution in [0.25, 0.3) is 15.6 Å². The molecular weight excluding hydrogens is 387 g/mol. The van der Waals surface area contributed by atoms with Crippen LogP contribution in [0, 0.1) is 5.82 Å². The van der Waals surface area contributed by atoms with Gasteiger partial charge in [0.1, 0.15) is 21.6 Å². The summed E-state index contributed by atoms with van der Waals surface area (Å²) >= 11 is 3.11. The summed E-state index contributed by atoms with van der Waals surface area (Å²) < 4.78 is 48.0. The second-order valence-corrected chi connectivity index (χ2v) is 7.21. The van der Waals surface area contributed by atoms with Crippen LogP contribution in [0.15, 0.2) is 52.0 Å². The Kier molecular flexibility index (Phi) is 4.03. The molecule has 0 unspecified atom stereocenters. The van der Waals surface area contributed by atoms with Gasteiger partial charge in [-0.25, -0.2) is 12.8 Å². The van der Waals surface area contributed by atoms with Crippen LogP contribution in [0.3, 0.4) is 0 Å².